The first-order valence-corrected chi connectivity index (χ1v) is 12.5. The molecule has 0 spiro atoms. The Morgan fingerprint density at radius 1 is 0.914 bits per heavy atom. The van der Waals surface area contributed by atoms with Gasteiger partial charge < -0.3 is 19.9 Å². The van der Waals surface area contributed by atoms with E-state index in [-0.39, 0.29) is 5.92 Å². The van der Waals surface area contributed by atoms with Gasteiger partial charge in [-0.1, -0.05) is 42.5 Å². The second-order valence-electron chi connectivity index (χ2n) is 9.34. The standard InChI is InChI=1S/C28H33N5O2/c1-35-25-10-6-5-9-24(25)30-26-11-16-29-28(31-26)33-19-14-23(15-20-33)27(34)32-17-12-22(13-18-32)21-7-3-2-4-8-21/h2-11,16,22-23H,12-15,17-20H2,1H3,(H,29,30,31). The van der Waals surface area contributed by atoms with Crippen LogP contribution in [0.5, 0.6) is 5.75 Å². The number of ether oxygens (including phenoxy) is 1. The molecule has 1 N–H and O–H groups in total. The molecule has 2 aliphatic rings. The third-order valence-electron chi connectivity index (χ3n) is 7.22. The number of rotatable bonds is 6. The first-order valence-electron chi connectivity index (χ1n) is 12.5. The molecule has 5 rings (SSSR count). The zero-order valence-electron chi connectivity index (χ0n) is 20.3. The molecule has 0 aliphatic carbocycles. The Bertz CT molecular complexity index is 1120. The van der Waals surface area contributed by atoms with Gasteiger partial charge in [0.2, 0.25) is 11.9 Å². The normalized spacial score (nSPS) is 17.3. The summed E-state index contributed by atoms with van der Waals surface area (Å²) in [5.74, 6) is 3.16. The average Bonchev–Trinajstić information content (AvgIpc) is 2.94. The van der Waals surface area contributed by atoms with Gasteiger partial charge in [0, 0.05) is 38.3 Å². The summed E-state index contributed by atoms with van der Waals surface area (Å²) in [6, 6.07) is 20.3. The SMILES string of the molecule is COc1ccccc1Nc1ccnc(N2CCC(C(=O)N3CCC(c4ccccc4)CC3)CC2)n1. The van der Waals surface area contributed by atoms with Crippen LogP contribution in [0.4, 0.5) is 17.5 Å². The second kappa shape index (κ2) is 10.8. The lowest BCUT2D eigenvalue weighted by Crippen LogP contribution is -2.45. The van der Waals surface area contributed by atoms with E-state index in [0.29, 0.717) is 17.8 Å². The molecule has 0 bridgehead atoms. The van der Waals surface area contributed by atoms with Gasteiger partial charge in [0.25, 0.3) is 0 Å². The lowest BCUT2D eigenvalue weighted by atomic mass is 9.88. The quantitative estimate of drug-likeness (QED) is 0.554. The summed E-state index contributed by atoms with van der Waals surface area (Å²) in [7, 11) is 1.66. The number of piperidine rings is 2. The number of para-hydroxylation sites is 2. The summed E-state index contributed by atoms with van der Waals surface area (Å²) < 4.78 is 5.42. The molecule has 0 saturated carbocycles. The zero-order chi connectivity index (χ0) is 24.0. The number of anilines is 3. The number of nitrogens with one attached hydrogen (secondary N) is 1. The van der Waals surface area contributed by atoms with E-state index in [2.05, 4.69) is 50.4 Å². The Morgan fingerprint density at radius 3 is 2.37 bits per heavy atom. The van der Waals surface area contributed by atoms with Crippen molar-refractivity contribution >= 4 is 23.4 Å². The minimum Gasteiger partial charge on any atom is -0.495 e. The van der Waals surface area contributed by atoms with E-state index in [0.717, 1.165) is 69.1 Å². The highest BCUT2D eigenvalue weighted by Gasteiger charge is 2.31. The molecule has 3 aromatic rings. The van der Waals surface area contributed by atoms with Crippen LogP contribution in [0.2, 0.25) is 0 Å². The number of benzene rings is 2. The van der Waals surface area contributed by atoms with Crippen molar-refractivity contribution in [1.82, 2.24) is 14.9 Å². The number of aromatic nitrogens is 2. The minimum atomic E-state index is 0.0920. The van der Waals surface area contributed by atoms with Crippen LogP contribution in [0.3, 0.4) is 0 Å². The number of likely N-dealkylation sites (tertiary alicyclic amines) is 1. The fourth-order valence-corrected chi connectivity index (χ4v) is 5.20. The van der Waals surface area contributed by atoms with Gasteiger partial charge in [-0.05, 0) is 55.4 Å². The van der Waals surface area contributed by atoms with E-state index in [1.165, 1.54) is 5.56 Å². The molecule has 1 amide bonds. The predicted octanol–water partition coefficient (Wildman–Crippen LogP) is 4.85. The fraction of sp³-hybridized carbons (Fsp3) is 0.393. The van der Waals surface area contributed by atoms with Gasteiger partial charge in [0.15, 0.2) is 0 Å². The van der Waals surface area contributed by atoms with E-state index >= 15 is 0 Å². The van der Waals surface area contributed by atoms with Crippen LogP contribution in [-0.2, 0) is 4.79 Å². The zero-order valence-corrected chi connectivity index (χ0v) is 20.3. The summed E-state index contributed by atoms with van der Waals surface area (Å²) >= 11 is 0. The van der Waals surface area contributed by atoms with E-state index in [1.54, 1.807) is 13.3 Å². The average molecular weight is 472 g/mol. The van der Waals surface area contributed by atoms with Crippen molar-refractivity contribution in [2.45, 2.75) is 31.6 Å². The van der Waals surface area contributed by atoms with Gasteiger partial charge >= 0.3 is 0 Å². The number of amides is 1. The Hall–Kier alpha value is -3.61. The van der Waals surface area contributed by atoms with Crippen LogP contribution in [-0.4, -0.2) is 54.1 Å². The topological polar surface area (TPSA) is 70.6 Å². The van der Waals surface area contributed by atoms with Crippen LogP contribution in [0.1, 0.15) is 37.2 Å². The Labute approximate surface area is 207 Å². The summed E-state index contributed by atoms with van der Waals surface area (Å²) in [6.07, 6.45) is 5.55. The van der Waals surface area contributed by atoms with Crippen molar-refractivity contribution in [3.8, 4) is 5.75 Å². The molecule has 35 heavy (non-hydrogen) atoms. The van der Waals surface area contributed by atoms with Gasteiger partial charge in [0.05, 0.1) is 12.8 Å². The summed E-state index contributed by atoms with van der Waals surface area (Å²) in [5.41, 5.74) is 2.26. The first-order chi connectivity index (χ1) is 17.2. The second-order valence-corrected chi connectivity index (χ2v) is 9.34. The first kappa shape index (κ1) is 23.1. The molecule has 2 fully saturated rings. The number of nitrogens with zero attached hydrogens (tertiary/aromatic N) is 4. The molecule has 1 aromatic heterocycles. The monoisotopic (exact) mass is 471 g/mol. The molecular formula is C28H33N5O2. The number of methoxy groups -OCH3 is 1. The Morgan fingerprint density at radius 2 is 1.63 bits per heavy atom. The maximum absolute atomic E-state index is 13.2. The Balaban J connectivity index is 1.14. The highest BCUT2D eigenvalue weighted by Crippen LogP contribution is 2.31. The van der Waals surface area contributed by atoms with Crippen LogP contribution in [0.15, 0.2) is 66.9 Å². The highest BCUT2D eigenvalue weighted by molar-refractivity contribution is 5.79. The van der Waals surface area contributed by atoms with Gasteiger partial charge in [-0.3, -0.25) is 4.79 Å². The maximum atomic E-state index is 13.2. The third kappa shape index (κ3) is 5.39. The highest BCUT2D eigenvalue weighted by atomic mass is 16.5. The van der Waals surface area contributed by atoms with Gasteiger partial charge in [-0.15, -0.1) is 0 Å². The molecule has 182 valence electrons. The lowest BCUT2D eigenvalue weighted by molar-refractivity contribution is -0.137. The van der Waals surface area contributed by atoms with Crippen LogP contribution >= 0.6 is 0 Å². The van der Waals surface area contributed by atoms with Crippen molar-refractivity contribution in [2.24, 2.45) is 5.92 Å². The molecule has 0 unspecified atom stereocenters. The molecule has 0 radical (unpaired) electrons. The van der Waals surface area contributed by atoms with E-state index in [9.17, 15) is 4.79 Å². The maximum Gasteiger partial charge on any atom is 0.227 e. The largest absolute Gasteiger partial charge is 0.495 e. The molecule has 0 atom stereocenters. The van der Waals surface area contributed by atoms with E-state index in [1.807, 2.05) is 30.3 Å². The third-order valence-corrected chi connectivity index (χ3v) is 7.22. The summed E-state index contributed by atoms with van der Waals surface area (Å²) in [6.45, 7) is 3.29. The van der Waals surface area contributed by atoms with Gasteiger partial charge in [-0.25, -0.2) is 4.98 Å². The molecular weight excluding hydrogens is 438 g/mol. The van der Waals surface area contributed by atoms with E-state index in [4.69, 9.17) is 9.72 Å². The van der Waals surface area contributed by atoms with Gasteiger partial charge in [-0.2, -0.15) is 4.98 Å². The molecule has 7 nitrogen and oxygen atoms in total. The number of carbonyl (C=O) groups is 1. The van der Waals surface area contributed by atoms with E-state index < -0.39 is 0 Å². The van der Waals surface area contributed by atoms with Crippen molar-refractivity contribution in [1.29, 1.82) is 0 Å². The van der Waals surface area contributed by atoms with Crippen molar-refractivity contribution in [3.05, 3.63) is 72.4 Å². The molecule has 3 heterocycles. The van der Waals surface area contributed by atoms with Crippen LogP contribution in [0, 0.1) is 5.92 Å². The molecule has 2 aliphatic heterocycles. The van der Waals surface area contributed by atoms with Crippen molar-refractivity contribution in [3.63, 3.8) is 0 Å². The van der Waals surface area contributed by atoms with Crippen LogP contribution < -0.4 is 15.0 Å². The van der Waals surface area contributed by atoms with Crippen molar-refractivity contribution in [2.75, 3.05) is 43.5 Å². The molecule has 2 saturated heterocycles. The molecule has 2 aromatic carbocycles. The number of hydrogen-bond donors (Lipinski definition) is 1. The summed E-state index contributed by atoms with van der Waals surface area (Å²) in [4.78, 5) is 26.7. The Kier molecular flexibility index (Phi) is 7.12. The fourth-order valence-electron chi connectivity index (χ4n) is 5.20. The predicted molar refractivity (Wildman–Crippen MR) is 138 cm³/mol. The van der Waals surface area contributed by atoms with Crippen LogP contribution in [0.25, 0.3) is 0 Å². The summed E-state index contributed by atoms with van der Waals surface area (Å²) in [5, 5.41) is 3.32. The van der Waals surface area contributed by atoms with Gasteiger partial charge in [0.1, 0.15) is 11.6 Å². The van der Waals surface area contributed by atoms with Crippen molar-refractivity contribution < 1.29 is 9.53 Å². The molecule has 7 heteroatoms. The lowest BCUT2D eigenvalue weighted by Gasteiger charge is -2.37. The minimum absolute atomic E-state index is 0.0920. The smallest absolute Gasteiger partial charge is 0.227 e. The number of carbonyl (C=O) groups excluding carboxylic acids is 1. The number of hydrogen-bond acceptors (Lipinski definition) is 6.